The molecule has 3 N–H and O–H groups in total. The first-order chi connectivity index (χ1) is 7.54. The highest BCUT2D eigenvalue weighted by Gasteiger charge is 2.08. The number of nitrogens with two attached hydrogens (primary N) is 1. The van der Waals surface area contributed by atoms with Crippen molar-refractivity contribution in [3.8, 4) is 0 Å². The molecule has 0 atom stereocenters. The fraction of sp³-hybridized carbons (Fsp3) is 0.300. The van der Waals surface area contributed by atoms with Crippen molar-refractivity contribution in [2.24, 2.45) is 10.7 Å². The molecule has 0 unspecified atom stereocenters. The molecule has 16 heavy (non-hydrogen) atoms. The molecule has 0 amide bonds. The van der Waals surface area contributed by atoms with Crippen molar-refractivity contribution in [3.05, 3.63) is 28.2 Å². The van der Waals surface area contributed by atoms with Gasteiger partial charge in [0.2, 0.25) is 0 Å². The van der Waals surface area contributed by atoms with Gasteiger partial charge in [-0.3, -0.25) is 4.99 Å². The van der Waals surface area contributed by atoms with Crippen molar-refractivity contribution in [2.75, 3.05) is 11.9 Å². The number of aliphatic imine (C=N–C) groups is 1. The smallest absolute Gasteiger partial charge is 0.193 e. The molecule has 0 saturated heterocycles. The van der Waals surface area contributed by atoms with Gasteiger partial charge in [0.25, 0.3) is 0 Å². The summed E-state index contributed by atoms with van der Waals surface area (Å²) in [5, 5.41) is 2.50. The van der Waals surface area contributed by atoms with Gasteiger partial charge in [-0.25, -0.2) is 8.78 Å². The van der Waals surface area contributed by atoms with E-state index in [1.165, 1.54) is 0 Å². The van der Waals surface area contributed by atoms with Gasteiger partial charge in [0.15, 0.2) is 5.96 Å². The third-order valence-corrected chi connectivity index (χ3v) is 2.39. The van der Waals surface area contributed by atoms with Gasteiger partial charge in [-0.15, -0.1) is 0 Å². The molecule has 0 bridgehead atoms. The lowest BCUT2D eigenvalue weighted by atomic mass is 10.3. The number of anilines is 1. The number of halogens is 3. The Hall–Kier alpha value is -1.17. The van der Waals surface area contributed by atoms with Crippen LogP contribution in [0.3, 0.4) is 0 Å². The Morgan fingerprint density at radius 3 is 2.75 bits per heavy atom. The van der Waals surface area contributed by atoms with Crippen LogP contribution in [0.15, 0.2) is 21.6 Å². The fourth-order valence-corrected chi connectivity index (χ4v) is 1.34. The van der Waals surface area contributed by atoms with Crippen LogP contribution in [0.1, 0.15) is 13.3 Å². The van der Waals surface area contributed by atoms with Gasteiger partial charge < -0.3 is 11.1 Å². The maximum Gasteiger partial charge on any atom is 0.193 e. The summed E-state index contributed by atoms with van der Waals surface area (Å²) < 4.78 is 26.5. The van der Waals surface area contributed by atoms with Crippen LogP contribution in [0.4, 0.5) is 14.5 Å². The normalized spacial score (nSPS) is 11.6. The van der Waals surface area contributed by atoms with E-state index in [1.54, 1.807) is 0 Å². The van der Waals surface area contributed by atoms with Crippen LogP contribution in [0.2, 0.25) is 0 Å². The second-order valence-electron chi connectivity index (χ2n) is 3.14. The summed E-state index contributed by atoms with van der Waals surface area (Å²) in [6.45, 7) is 2.48. The van der Waals surface area contributed by atoms with Crippen molar-refractivity contribution < 1.29 is 8.78 Å². The minimum absolute atomic E-state index is 0.0296. The molecule has 0 spiro atoms. The van der Waals surface area contributed by atoms with Crippen LogP contribution in [0, 0.1) is 11.6 Å². The largest absolute Gasteiger partial charge is 0.370 e. The predicted octanol–water partition coefficient (Wildman–Crippen LogP) is 2.86. The highest BCUT2D eigenvalue weighted by molar-refractivity contribution is 9.10. The summed E-state index contributed by atoms with van der Waals surface area (Å²) >= 11 is 2.88. The molecule has 1 aromatic rings. The van der Waals surface area contributed by atoms with E-state index in [4.69, 9.17) is 5.73 Å². The first kappa shape index (κ1) is 12.9. The second kappa shape index (κ2) is 5.79. The predicted molar refractivity (Wildman–Crippen MR) is 64.5 cm³/mol. The Kier molecular flexibility index (Phi) is 4.67. The molecule has 0 saturated carbocycles. The molecular formula is C10H12BrF2N3. The number of benzene rings is 1. The van der Waals surface area contributed by atoms with Gasteiger partial charge in [0, 0.05) is 12.6 Å². The highest BCUT2D eigenvalue weighted by Crippen LogP contribution is 2.23. The van der Waals surface area contributed by atoms with Gasteiger partial charge >= 0.3 is 0 Å². The van der Waals surface area contributed by atoms with Gasteiger partial charge in [-0.05, 0) is 28.4 Å². The van der Waals surface area contributed by atoms with Crippen molar-refractivity contribution >= 4 is 27.6 Å². The van der Waals surface area contributed by atoms with Crippen molar-refractivity contribution in [3.63, 3.8) is 0 Å². The summed E-state index contributed by atoms with van der Waals surface area (Å²) in [6.07, 6.45) is 0.833. The molecule has 0 aliphatic heterocycles. The highest BCUT2D eigenvalue weighted by atomic mass is 79.9. The van der Waals surface area contributed by atoms with Crippen LogP contribution in [0.5, 0.6) is 0 Å². The zero-order valence-electron chi connectivity index (χ0n) is 8.73. The molecule has 0 aromatic heterocycles. The Bertz CT molecular complexity index is 407. The Labute approximate surface area is 101 Å². The molecule has 88 valence electrons. The number of rotatable bonds is 3. The summed E-state index contributed by atoms with van der Waals surface area (Å²) in [5.41, 5.74) is 5.46. The first-order valence-corrected chi connectivity index (χ1v) is 5.55. The summed E-state index contributed by atoms with van der Waals surface area (Å²) in [7, 11) is 0. The summed E-state index contributed by atoms with van der Waals surface area (Å²) in [4.78, 5) is 3.91. The van der Waals surface area contributed by atoms with Gasteiger partial charge in [-0.1, -0.05) is 6.92 Å². The van der Waals surface area contributed by atoms with E-state index >= 15 is 0 Å². The van der Waals surface area contributed by atoms with E-state index in [0.29, 0.717) is 6.54 Å². The number of nitrogens with one attached hydrogen (secondary N) is 1. The van der Waals surface area contributed by atoms with Crippen LogP contribution in [-0.4, -0.2) is 12.5 Å². The first-order valence-electron chi connectivity index (χ1n) is 4.76. The maximum atomic E-state index is 13.3. The SMILES string of the molecule is CCCN=C(N)Nc1cc(F)c(Br)cc1F. The molecule has 0 heterocycles. The van der Waals surface area contributed by atoms with E-state index in [9.17, 15) is 8.78 Å². The molecule has 1 aromatic carbocycles. The van der Waals surface area contributed by atoms with Crippen LogP contribution in [-0.2, 0) is 0 Å². The maximum absolute atomic E-state index is 13.3. The van der Waals surface area contributed by atoms with E-state index in [1.807, 2.05) is 6.92 Å². The second-order valence-corrected chi connectivity index (χ2v) is 3.99. The number of hydrogen-bond donors (Lipinski definition) is 2. The van der Waals surface area contributed by atoms with E-state index in [-0.39, 0.29) is 16.1 Å². The molecule has 0 aliphatic carbocycles. The molecule has 6 heteroatoms. The van der Waals surface area contributed by atoms with Crippen LogP contribution < -0.4 is 11.1 Å². The number of guanidine groups is 1. The lowest BCUT2D eigenvalue weighted by Crippen LogP contribution is -2.23. The Balaban J connectivity index is 2.85. The zero-order valence-corrected chi connectivity index (χ0v) is 10.3. The van der Waals surface area contributed by atoms with Crippen molar-refractivity contribution in [1.82, 2.24) is 0 Å². The number of hydrogen-bond acceptors (Lipinski definition) is 1. The van der Waals surface area contributed by atoms with Crippen molar-refractivity contribution in [2.45, 2.75) is 13.3 Å². The van der Waals surface area contributed by atoms with E-state index in [2.05, 4.69) is 26.2 Å². The number of nitrogens with zero attached hydrogens (tertiary/aromatic N) is 1. The fourth-order valence-electron chi connectivity index (χ4n) is 1.03. The summed E-state index contributed by atoms with van der Waals surface area (Å²) in [6, 6.07) is 2.05. The minimum atomic E-state index is -0.595. The minimum Gasteiger partial charge on any atom is -0.370 e. The average Bonchev–Trinajstić information content (AvgIpc) is 2.23. The summed E-state index contributed by atoms with van der Waals surface area (Å²) in [5.74, 6) is -1.09. The Morgan fingerprint density at radius 2 is 2.12 bits per heavy atom. The van der Waals surface area contributed by atoms with Gasteiger partial charge in [0.05, 0.1) is 10.2 Å². The molecule has 1 rings (SSSR count). The van der Waals surface area contributed by atoms with Gasteiger partial charge in [-0.2, -0.15) is 0 Å². The molecule has 0 fully saturated rings. The molecular weight excluding hydrogens is 280 g/mol. The third kappa shape index (κ3) is 3.44. The average molecular weight is 292 g/mol. The Morgan fingerprint density at radius 1 is 1.44 bits per heavy atom. The topological polar surface area (TPSA) is 50.4 Å². The van der Waals surface area contributed by atoms with E-state index < -0.39 is 11.6 Å². The zero-order chi connectivity index (χ0) is 12.1. The quantitative estimate of drug-likeness (QED) is 0.511. The monoisotopic (exact) mass is 291 g/mol. The molecule has 0 radical (unpaired) electrons. The third-order valence-electron chi connectivity index (χ3n) is 1.78. The van der Waals surface area contributed by atoms with Gasteiger partial charge in [0.1, 0.15) is 11.6 Å². The van der Waals surface area contributed by atoms with Crippen LogP contribution >= 0.6 is 15.9 Å². The molecule has 0 aliphatic rings. The van der Waals surface area contributed by atoms with E-state index in [0.717, 1.165) is 18.6 Å². The van der Waals surface area contributed by atoms with Crippen molar-refractivity contribution in [1.29, 1.82) is 0 Å². The standard InChI is InChI=1S/C10H12BrF2N3/c1-2-3-15-10(14)16-9-5-7(12)6(11)4-8(9)13/h4-5H,2-3H2,1H3,(H3,14,15,16). The lowest BCUT2D eigenvalue weighted by molar-refractivity contribution is 0.598. The molecule has 3 nitrogen and oxygen atoms in total. The van der Waals surface area contributed by atoms with Crippen LogP contribution in [0.25, 0.3) is 0 Å². The lowest BCUT2D eigenvalue weighted by Gasteiger charge is -2.07.